The molecule has 0 heterocycles. The van der Waals surface area contributed by atoms with Crippen LogP contribution in [0.4, 0.5) is 0 Å². The average molecular weight is 393 g/mol. The zero-order valence-corrected chi connectivity index (χ0v) is 14.6. The van der Waals surface area contributed by atoms with Gasteiger partial charge in [0.15, 0.2) is 0 Å². The van der Waals surface area contributed by atoms with Gasteiger partial charge in [-0.2, -0.15) is 0 Å². The molecule has 0 fully saturated rings. The second-order valence-corrected chi connectivity index (χ2v) is 6.75. The predicted octanol–water partition coefficient (Wildman–Crippen LogP) is 6.06. The van der Waals surface area contributed by atoms with Gasteiger partial charge in [0.2, 0.25) is 0 Å². The van der Waals surface area contributed by atoms with Crippen molar-refractivity contribution < 1.29 is 0 Å². The van der Waals surface area contributed by atoms with Crippen LogP contribution in [-0.2, 0) is 11.8 Å². The van der Waals surface area contributed by atoms with Crippen molar-refractivity contribution in [3.8, 4) is 0 Å². The maximum absolute atomic E-state index is 6.27. The Morgan fingerprint density at radius 1 is 0.950 bits per heavy atom. The van der Waals surface area contributed by atoms with Crippen LogP contribution in [0.15, 0.2) is 53.0 Å². The molecule has 0 aliphatic rings. The molecule has 2 aromatic carbocycles. The molecule has 0 N–H and O–H groups in total. The maximum Gasteiger partial charge on any atom is 0.0406 e. The maximum atomic E-state index is 6.27. The van der Waals surface area contributed by atoms with Gasteiger partial charge in [0.05, 0.1) is 0 Å². The van der Waals surface area contributed by atoms with Gasteiger partial charge in [0.25, 0.3) is 0 Å². The summed E-state index contributed by atoms with van der Waals surface area (Å²) in [6.45, 7) is 0. The largest absolute Gasteiger partial charge is 0.126 e. The van der Waals surface area contributed by atoms with E-state index in [2.05, 4.69) is 28.1 Å². The molecule has 0 amide bonds. The zero-order chi connectivity index (χ0) is 14.6. The summed E-state index contributed by atoms with van der Waals surface area (Å²) in [6.07, 6.45) is 0.785. The molecule has 0 aliphatic carbocycles. The van der Waals surface area contributed by atoms with Crippen LogP contribution < -0.4 is 0 Å². The highest BCUT2D eigenvalue weighted by Crippen LogP contribution is 2.33. The second kappa shape index (κ2) is 7.17. The van der Waals surface area contributed by atoms with E-state index in [0.29, 0.717) is 11.8 Å². The zero-order valence-electron chi connectivity index (χ0n) is 10.8. The monoisotopic (exact) mass is 390 g/mol. The van der Waals surface area contributed by atoms with Crippen molar-refractivity contribution in [2.24, 2.45) is 0 Å². The van der Waals surface area contributed by atoms with Crippen LogP contribution in [0.25, 0.3) is 0 Å². The van der Waals surface area contributed by atoms with Crippen LogP contribution in [-0.4, -0.2) is 11.8 Å². The molecule has 0 bridgehead atoms. The Morgan fingerprint density at radius 2 is 1.60 bits per heavy atom. The van der Waals surface area contributed by atoms with Crippen molar-refractivity contribution in [2.75, 3.05) is 11.8 Å². The van der Waals surface area contributed by atoms with Crippen molar-refractivity contribution in [3.05, 3.63) is 69.2 Å². The Balaban J connectivity index is 2.36. The van der Waals surface area contributed by atoms with E-state index in [9.17, 15) is 0 Å². The molecule has 2 rings (SSSR count). The highest BCUT2D eigenvalue weighted by atomic mass is 79.9. The Morgan fingerprint density at radius 3 is 2.15 bits per heavy atom. The number of halogens is 4. The van der Waals surface area contributed by atoms with Gasteiger partial charge in [-0.05, 0) is 41.8 Å². The van der Waals surface area contributed by atoms with Crippen molar-refractivity contribution in [2.45, 2.75) is 11.8 Å². The van der Waals surface area contributed by atoms with Gasteiger partial charge < -0.3 is 0 Å². The van der Waals surface area contributed by atoms with Gasteiger partial charge in [0.1, 0.15) is 0 Å². The SMILES string of the molecule is ClCC(CCl)(Cc1ccc(Cl)cc1)c1cccc(Br)c1. The lowest BCUT2D eigenvalue weighted by atomic mass is 9.79. The number of alkyl halides is 2. The molecule has 0 spiro atoms. The molecule has 0 radical (unpaired) electrons. The fourth-order valence-electron chi connectivity index (χ4n) is 2.20. The van der Waals surface area contributed by atoms with Crippen molar-refractivity contribution in [3.63, 3.8) is 0 Å². The Kier molecular flexibility index (Phi) is 5.80. The van der Waals surface area contributed by atoms with Crippen LogP contribution in [0, 0.1) is 0 Å². The van der Waals surface area contributed by atoms with E-state index >= 15 is 0 Å². The predicted molar refractivity (Wildman–Crippen MR) is 92.4 cm³/mol. The van der Waals surface area contributed by atoms with Gasteiger partial charge in [-0.25, -0.2) is 0 Å². The van der Waals surface area contributed by atoms with Gasteiger partial charge in [0, 0.05) is 26.7 Å². The summed E-state index contributed by atoms with van der Waals surface area (Å²) in [5, 5.41) is 0.735. The quantitative estimate of drug-likeness (QED) is 0.543. The van der Waals surface area contributed by atoms with E-state index in [1.54, 1.807) is 0 Å². The number of hydrogen-bond donors (Lipinski definition) is 0. The third kappa shape index (κ3) is 3.71. The van der Waals surface area contributed by atoms with Crippen LogP contribution in [0.5, 0.6) is 0 Å². The minimum absolute atomic E-state index is 0.277. The molecule has 20 heavy (non-hydrogen) atoms. The fraction of sp³-hybridized carbons (Fsp3) is 0.250. The van der Waals surface area contributed by atoms with Crippen molar-refractivity contribution in [1.29, 1.82) is 0 Å². The molecule has 0 saturated carbocycles. The normalized spacial score (nSPS) is 11.6. The number of rotatable bonds is 5. The molecule has 2 aromatic rings. The molecular weight excluding hydrogens is 378 g/mol. The molecule has 0 aromatic heterocycles. The van der Waals surface area contributed by atoms with Crippen LogP contribution in [0.2, 0.25) is 5.02 Å². The van der Waals surface area contributed by atoms with E-state index in [1.807, 2.05) is 36.4 Å². The third-order valence-electron chi connectivity index (χ3n) is 3.40. The average Bonchev–Trinajstić information content (AvgIpc) is 2.47. The summed E-state index contributed by atoms with van der Waals surface area (Å²) in [7, 11) is 0. The number of hydrogen-bond acceptors (Lipinski definition) is 0. The smallest absolute Gasteiger partial charge is 0.0406 e. The summed E-state index contributed by atoms with van der Waals surface area (Å²) in [5.41, 5.74) is 2.04. The first-order valence-corrected chi connectivity index (χ1v) is 8.46. The summed E-state index contributed by atoms with van der Waals surface area (Å²) in [5.74, 6) is 0.936. The fourth-order valence-corrected chi connectivity index (χ4v) is 3.51. The Labute approximate surface area is 143 Å². The molecule has 4 heteroatoms. The lowest BCUT2D eigenvalue weighted by Crippen LogP contribution is -2.33. The number of benzene rings is 2. The Bertz CT molecular complexity index is 562. The molecule has 0 unspecified atom stereocenters. The second-order valence-electron chi connectivity index (χ2n) is 4.86. The van der Waals surface area contributed by atoms with Gasteiger partial charge in [-0.15, -0.1) is 23.2 Å². The molecular formula is C16H14BrCl3. The first-order valence-electron chi connectivity index (χ1n) is 6.22. The highest BCUT2D eigenvalue weighted by molar-refractivity contribution is 9.10. The van der Waals surface area contributed by atoms with E-state index in [1.165, 1.54) is 5.56 Å². The Hall–Kier alpha value is -0.210. The third-order valence-corrected chi connectivity index (χ3v) is 5.17. The first-order chi connectivity index (χ1) is 9.59. The van der Waals surface area contributed by atoms with Crippen LogP contribution in [0.1, 0.15) is 11.1 Å². The van der Waals surface area contributed by atoms with Crippen LogP contribution in [0.3, 0.4) is 0 Å². The van der Waals surface area contributed by atoms with Crippen molar-refractivity contribution in [1.82, 2.24) is 0 Å². The molecule has 0 aliphatic heterocycles. The summed E-state index contributed by atoms with van der Waals surface area (Å²) >= 11 is 22.0. The van der Waals surface area contributed by atoms with Gasteiger partial charge >= 0.3 is 0 Å². The summed E-state index contributed by atoms with van der Waals surface area (Å²) in [4.78, 5) is 0. The highest BCUT2D eigenvalue weighted by Gasteiger charge is 2.31. The van der Waals surface area contributed by atoms with Crippen LogP contribution >= 0.6 is 50.7 Å². The van der Waals surface area contributed by atoms with E-state index < -0.39 is 0 Å². The minimum Gasteiger partial charge on any atom is -0.126 e. The lowest BCUT2D eigenvalue weighted by molar-refractivity contribution is 0.536. The van der Waals surface area contributed by atoms with Gasteiger partial charge in [-0.1, -0.05) is 51.8 Å². The standard InChI is InChI=1S/C16H14BrCl3/c17-14-3-1-2-13(8-14)16(10-18,11-19)9-12-4-6-15(20)7-5-12/h1-8H,9-11H2. The summed E-state index contributed by atoms with van der Waals surface area (Å²) in [6, 6.07) is 16.0. The van der Waals surface area contributed by atoms with Crippen molar-refractivity contribution >= 4 is 50.7 Å². The van der Waals surface area contributed by atoms with E-state index in [-0.39, 0.29) is 5.41 Å². The molecule has 0 nitrogen and oxygen atoms in total. The minimum atomic E-state index is -0.277. The topological polar surface area (TPSA) is 0 Å². The molecule has 106 valence electrons. The van der Waals surface area contributed by atoms with E-state index in [0.717, 1.165) is 21.5 Å². The molecule has 0 saturated heterocycles. The molecule has 0 atom stereocenters. The summed E-state index contributed by atoms with van der Waals surface area (Å²) < 4.78 is 1.03. The van der Waals surface area contributed by atoms with Gasteiger partial charge in [-0.3, -0.25) is 0 Å². The first kappa shape index (κ1) is 16.2. The lowest BCUT2D eigenvalue weighted by Gasteiger charge is -2.30. The van der Waals surface area contributed by atoms with E-state index in [4.69, 9.17) is 34.8 Å².